The average molecular weight is 321 g/mol. The highest BCUT2D eigenvalue weighted by atomic mass is 35.5. The van der Waals surface area contributed by atoms with Crippen molar-refractivity contribution in [1.29, 1.82) is 5.26 Å². The second kappa shape index (κ2) is 7.19. The summed E-state index contributed by atoms with van der Waals surface area (Å²) in [5.41, 5.74) is 0.646. The molecule has 1 aromatic rings. The fourth-order valence-electron chi connectivity index (χ4n) is 1.94. The van der Waals surface area contributed by atoms with Gasteiger partial charge in [-0.05, 0) is 43.5 Å². The van der Waals surface area contributed by atoms with Crippen molar-refractivity contribution in [3.05, 3.63) is 28.3 Å². The summed E-state index contributed by atoms with van der Waals surface area (Å²) in [5.74, 6) is 0.542. The number of amides is 1. The number of methoxy groups -OCH3 is 1. The van der Waals surface area contributed by atoms with E-state index in [1.807, 2.05) is 13.0 Å². The first-order chi connectivity index (χ1) is 10.6. The molecular weight excluding hydrogens is 304 g/mol. The van der Waals surface area contributed by atoms with Crippen LogP contribution in [-0.4, -0.2) is 25.7 Å². The molecule has 1 aliphatic rings. The maximum Gasteiger partial charge on any atom is 0.262 e. The van der Waals surface area contributed by atoms with Gasteiger partial charge >= 0.3 is 0 Å². The maximum atomic E-state index is 12.0. The molecule has 1 aromatic carbocycles. The van der Waals surface area contributed by atoms with E-state index in [0.29, 0.717) is 28.7 Å². The van der Waals surface area contributed by atoms with E-state index >= 15 is 0 Å². The lowest BCUT2D eigenvalue weighted by Crippen LogP contribution is -2.26. The third-order valence-electron chi connectivity index (χ3n) is 3.12. The second-order valence-electron chi connectivity index (χ2n) is 4.88. The van der Waals surface area contributed by atoms with E-state index in [0.717, 1.165) is 12.8 Å². The van der Waals surface area contributed by atoms with Crippen molar-refractivity contribution in [2.24, 2.45) is 0 Å². The molecule has 1 saturated carbocycles. The van der Waals surface area contributed by atoms with E-state index in [4.69, 9.17) is 26.3 Å². The number of nitrogens with one attached hydrogen (secondary N) is 1. The molecule has 0 spiro atoms. The van der Waals surface area contributed by atoms with Crippen LogP contribution in [0.4, 0.5) is 0 Å². The lowest BCUT2D eigenvalue weighted by Gasteiger charge is -2.12. The molecule has 2 rings (SSSR count). The van der Waals surface area contributed by atoms with Crippen LogP contribution in [0.3, 0.4) is 0 Å². The Morgan fingerprint density at radius 1 is 1.55 bits per heavy atom. The number of nitrogens with zero attached hydrogens (tertiary/aromatic N) is 1. The molecule has 1 N–H and O–H groups in total. The Kier molecular flexibility index (Phi) is 5.29. The number of carbonyl (C=O) groups is 1. The molecule has 6 heteroatoms. The van der Waals surface area contributed by atoms with E-state index in [2.05, 4.69) is 5.32 Å². The van der Waals surface area contributed by atoms with Gasteiger partial charge in [0.25, 0.3) is 5.91 Å². The molecule has 0 radical (unpaired) electrons. The smallest absolute Gasteiger partial charge is 0.262 e. The molecule has 0 aromatic heterocycles. The number of rotatable bonds is 6. The summed E-state index contributed by atoms with van der Waals surface area (Å²) in [6.07, 6.45) is 3.42. The molecule has 0 aliphatic heterocycles. The molecule has 0 atom stereocenters. The Labute approximate surface area is 134 Å². The molecule has 0 heterocycles. The second-order valence-corrected chi connectivity index (χ2v) is 5.29. The number of carbonyl (C=O) groups excluding carboxylic acids is 1. The minimum Gasteiger partial charge on any atom is -0.491 e. The summed E-state index contributed by atoms with van der Waals surface area (Å²) in [6.45, 7) is 2.30. The summed E-state index contributed by atoms with van der Waals surface area (Å²) in [6, 6.07) is 5.43. The Hall–Kier alpha value is -2.19. The SMILES string of the molecule is CCOc1cc(/C=C(\C#N)C(=O)NC2CC2)cc(Cl)c1OC. The minimum absolute atomic E-state index is 0.0376. The third kappa shape index (κ3) is 3.92. The van der Waals surface area contributed by atoms with Gasteiger partial charge in [0.15, 0.2) is 11.5 Å². The van der Waals surface area contributed by atoms with Crippen LogP contribution < -0.4 is 14.8 Å². The van der Waals surface area contributed by atoms with Crippen LogP contribution in [0.15, 0.2) is 17.7 Å². The van der Waals surface area contributed by atoms with Crippen molar-refractivity contribution in [2.45, 2.75) is 25.8 Å². The van der Waals surface area contributed by atoms with E-state index in [-0.39, 0.29) is 17.5 Å². The van der Waals surface area contributed by atoms with Crippen molar-refractivity contribution in [3.8, 4) is 17.6 Å². The van der Waals surface area contributed by atoms with Gasteiger partial charge in [-0.15, -0.1) is 0 Å². The molecular formula is C16H17ClN2O3. The van der Waals surface area contributed by atoms with Gasteiger partial charge in [0.1, 0.15) is 11.6 Å². The van der Waals surface area contributed by atoms with Gasteiger partial charge in [0, 0.05) is 6.04 Å². The fourth-order valence-corrected chi connectivity index (χ4v) is 2.23. The summed E-state index contributed by atoms with van der Waals surface area (Å²) < 4.78 is 10.7. The number of benzene rings is 1. The number of hydrogen-bond donors (Lipinski definition) is 1. The highest BCUT2D eigenvalue weighted by Gasteiger charge is 2.24. The summed E-state index contributed by atoms with van der Waals surface area (Å²) in [5, 5.41) is 12.3. The highest BCUT2D eigenvalue weighted by molar-refractivity contribution is 6.32. The Balaban J connectivity index is 2.31. The van der Waals surface area contributed by atoms with E-state index < -0.39 is 0 Å². The molecule has 0 saturated heterocycles. The van der Waals surface area contributed by atoms with E-state index in [1.54, 1.807) is 12.1 Å². The number of ether oxygens (including phenoxy) is 2. The lowest BCUT2D eigenvalue weighted by molar-refractivity contribution is -0.117. The molecule has 0 unspecified atom stereocenters. The van der Waals surface area contributed by atoms with Crippen molar-refractivity contribution >= 4 is 23.6 Å². The van der Waals surface area contributed by atoms with Crippen LogP contribution in [-0.2, 0) is 4.79 Å². The largest absolute Gasteiger partial charge is 0.491 e. The topological polar surface area (TPSA) is 71.3 Å². The standard InChI is InChI=1S/C16H17ClN2O3/c1-3-22-14-8-10(7-13(17)15(14)21-2)6-11(9-18)16(20)19-12-4-5-12/h6-8,12H,3-5H2,1-2H3,(H,19,20)/b11-6+. The average Bonchev–Trinajstić information content (AvgIpc) is 3.28. The molecule has 22 heavy (non-hydrogen) atoms. The predicted octanol–water partition coefficient (Wildman–Crippen LogP) is 2.93. The fraction of sp³-hybridized carbons (Fsp3) is 0.375. The Morgan fingerprint density at radius 3 is 2.82 bits per heavy atom. The van der Waals surface area contributed by atoms with Crippen LogP contribution in [0.25, 0.3) is 6.08 Å². The zero-order chi connectivity index (χ0) is 16.1. The van der Waals surface area contributed by atoms with E-state index in [9.17, 15) is 4.79 Å². The van der Waals surface area contributed by atoms with Crippen LogP contribution in [0.2, 0.25) is 5.02 Å². The van der Waals surface area contributed by atoms with Crippen LogP contribution in [0.5, 0.6) is 11.5 Å². The first kappa shape index (κ1) is 16.2. The van der Waals surface area contributed by atoms with Crippen LogP contribution >= 0.6 is 11.6 Å². The molecule has 1 aliphatic carbocycles. The van der Waals surface area contributed by atoms with Crippen molar-refractivity contribution in [1.82, 2.24) is 5.32 Å². The summed E-state index contributed by atoms with van der Waals surface area (Å²) >= 11 is 6.15. The van der Waals surface area contributed by atoms with E-state index in [1.165, 1.54) is 13.2 Å². The van der Waals surface area contributed by atoms with Crippen molar-refractivity contribution < 1.29 is 14.3 Å². The number of hydrogen-bond acceptors (Lipinski definition) is 4. The number of nitriles is 1. The van der Waals surface area contributed by atoms with Gasteiger partial charge in [-0.2, -0.15) is 5.26 Å². The molecule has 5 nitrogen and oxygen atoms in total. The maximum absolute atomic E-state index is 12.0. The molecule has 0 bridgehead atoms. The minimum atomic E-state index is -0.366. The monoisotopic (exact) mass is 320 g/mol. The van der Waals surface area contributed by atoms with Crippen molar-refractivity contribution in [3.63, 3.8) is 0 Å². The quantitative estimate of drug-likeness (QED) is 0.646. The van der Waals surface area contributed by atoms with Gasteiger partial charge in [0.05, 0.1) is 18.7 Å². The predicted molar refractivity (Wildman–Crippen MR) is 83.9 cm³/mol. The zero-order valence-electron chi connectivity index (χ0n) is 12.5. The molecule has 1 amide bonds. The molecule has 116 valence electrons. The van der Waals surface area contributed by atoms with Crippen LogP contribution in [0, 0.1) is 11.3 Å². The van der Waals surface area contributed by atoms with Gasteiger partial charge < -0.3 is 14.8 Å². The Morgan fingerprint density at radius 2 is 2.27 bits per heavy atom. The summed E-state index contributed by atoms with van der Waals surface area (Å²) in [7, 11) is 1.50. The first-order valence-electron chi connectivity index (χ1n) is 7.02. The van der Waals surface area contributed by atoms with Gasteiger partial charge in [-0.3, -0.25) is 4.79 Å². The third-order valence-corrected chi connectivity index (χ3v) is 3.41. The van der Waals surface area contributed by atoms with Crippen molar-refractivity contribution in [2.75, 3.05) is 13.7 Å². The summed E-state index contributed by atoms with van der Waals surface area (Å²) in [4.78, 5) is 12.0. The molecule has 1 fully saturated rings. The van der Waals surface area contributed by atoms with Gasteiger partial charge in [0.2, 0.25) is 0 Å². The van der Waals surface area contributed by atoms with Gasteiger partial charge in [-0.25, -0.2) is 0 Å². The normalized spacial score (nSPS) is 14.2. The Bertz CT molecular complexity index is 646. The highest BCUT2D eigenvalue weighted by Crippen LogP contribution is 2.36. The zero-order valence-corrected chi connectivity index (χ0v) is 13.2. The lowest BCUT2D eigenvalue weighted by atomic mass is 10.1. The first-order valence-corrected chi connectivity index (χ1v) is 7.39. The number of halogens is 1. The van der Waals surface area contributed by atoms with Crippen LogP contribution in [0.1, 0.15) is 25.3 Å². The van der Waals surface area contributed by atoms with Gasteiger partial charge in [-0.1, -0.05) is 11.6 Å².